The van der Waals surface area contributed by atoms with E-state index in [4.69, 9.17) is 12.2 Å². The summed E-state index contributed by atoms with van der Waals surface area (Å²) in [5.41, 5.74) is 2.94. The molecule has 2 N–H and O–H groups in total. The quantitative estimate of drug-likeness (QED) is 0.627. The molecule has 0 radical (unpaired) electrons. The molecule has 0 saturated heterocycles. The van der Waals surface area contributed by atoms with E-state index >= 15 is 0 Å². The highest BCUT2D eigenvalue weighted by Gasteiger charge is 2.25. The fourth-order valence-electron chi connectivity index (χ4n) is 3.17. The van der Waals surface area contributed by atoms with Gasteiger partial charge < -0.3 is 10.2 Å². The van der Waals surface area contributed by atoms with E-state index in [0.717, 1.165) is 21.9 Å². The maximum Gasteiger partial charge on any atom is 0.132 e. The number of hydrogen-bond acceptors (Lipinski definition) is 3. The summed E-state index contributed by atoms with van der Waals surface area (Å²) in [6.07, 6.45) is 0.594. The van der Waals surface area contributed by atoms with Gasteiger partial charge in [-0.3, -0.25) is 0 Å². The van der Waals surface area contributed by atoms with Gasteiger partial charge in [0.15, 0.2) is 0 Å². The van der Waals surface area contributed by atoms with Crippen molar-refractivity contribution >= 4 is 39.2 Å². The molecule has 0 atom stereocenters. The van der Waals surface area contributed by atoms with E-state index in [1.165, 1.54) is 0 Å². The lowest BCUT2D eigenvalue weighted by Crippen LogP contribution is -2.13. The minimum Gasteiger partial charge on any atom is -0.507 e. The lowest BCUT2D eigenvalue weighted by molar-refractivity contribution is 0.479. The van der Waals surface area contributed by atoms with Crippen molar-refractivity contribution in [1.29, 1.82) is 0 Å². The summed E-state index contributed by atoms with van der Waals surface area (Å²) in [6, 6.07) is 19.1. The van der Waals surface area contributed by atoms with Crippen LogP contribution in [-0.2, 0) is 6.42 Å². The Kier molecular flexibility index (Phi) is 3.17. The summed E-state index contributed by atoms with van der Waals surface area (Å²) >= 11 is 5.52. The number of rotatable bonds is 1. The topological polar surface area (TPSA) is 40.5 Å². The molecule has 112 valence electrons. The molecule has 0 bridgehead atoms. The van der Waals surface area contributed by atoms with Crippen LogP contribution in [0.1, 0.15) is 16.7 Å². The molecule has 3 aromatic rings. The molecule has 0 unspecified atom stereocenters. The first kappa shape index (κ1) is 14.0. The SMILES string of the molecule is OC1=C(c2ccc3ccccc3c2O)C(=S)Cc2ccccc21. The Labute approximate surface area is 139 Å². The molecule has 1 aliphatic carbocycles. The molecule has 4 rings (SSSR count). The third-order valence-corrected chi connectivity index (χ3v) is 4.66. The molecule has 0 amide bonds. The van der Waals surface area contributed by atoms with Gasteiger partial charge in [0.2, 0.25) is 0 Å². The number of aliphatic hydroxyl groups excluding tert-OH is 1. The number of phenols is 1. The average molecular weight is 318 g/mol. The van der Waals surface area contributed by atoms with Gasteiger partial charge in [0.05, 0.1) is 0 Å². The molecule has 1 aliphatic rings. The van der Waals surface area contributed by atoms with Crippen LogP contribution in [0.25, 0.3) is 22.1 Å². The first-order valence-corrected chi connectivity index (χ1v) is 7.83. The van der Waals surface area contributed by atoms with Gasteiger partial charge in [0.1, 0.15) is 11.5 Å². The van der Waals surface area contributed by atoms with Crippen molar-refractivity contribution in [2.45, 2.75) is 6.42 Å². The molecule has 3 aromatic carbocycles. The van der Waals surface area contributed by atoms with E-state index in [1.54, 1.807) is 0 Å². The van der Waals surface area contributed by atoms with Crippen molar-refractivity contribution < 1.29 is 10.2 Å². The third-order valence-electron chi connectivity index (χ3n) is 4.31. The molecule has 0 aliphatic heterocycles. The maximum atomic E-state index is 10.7. The highest BCUT2D eigenvalue weighted by molar-refractivity contribution is 7.81. The van der Waals surface area contributed by atoms with Crippen LogP contribution in [-0.4, -0.2) is 15.1 Å². The second-order valence-electron chi connectivity index (χ2n) is 5.66. The number of aromatic hydroxyl groups is 1. The van der Waals surface area contributed by atoms with Crippen LogP contribution in [0.5, 0.6) is 5.75 Å². The Hall–Kier alpha value is -2.65. The summed E-state index contributed by atoms with van der Waals surface area (Å²) in [6.45, 7) is 0. The lowest BCUT2D eigenvalue weighted by Gasteiger charge is -2.22. The molecule has 0 aromatic heterocycles. The Morgan fingerprint density at radius 1 is 0.783 bits per heavy atom. The molecular weight excluding hydrogens is 304 g/mol. The summed E-state index contributed by atoms with van der Waals surface area (Å²) in [7, 11) is 0. The number of aliphatic hydroxyl groups is 1. The van der Waals surface area contributed by atoms with E-state index in [-0.39, 0.29) is 11.5 Å². The first-order valence-electron chi connectivity index (χ1n) is 7.42. The summed E-state index contributed by atoms with van der Waals surface area (Å²) in [5, 5.41) is 23.1. The smallest absolute Gasteiger partial charge is 0.132 e. The maximum absolute atomic E-state index is 10.7. The number of allylic oxidation sites excluding steroid dienone is 1. The molecule has 3 heteroatoms. The standard InChI is InChI=1S/C20H14O2S/c21-19-14-7-3-1-5-12(14)9-10-16(19)18-17(23)11-13-6-2-4-8-15(13)20(18)22/h1-10,21-22H,11H2. The highest BCUT2D eigenvalue weighted by atomic mass is 32.1. The van der Waals surface area contributed by atoms with Crippen LogP contribution >= 0.6 is 12.2 Å². The normalized spacial score (nSPS) is 14.2. The van der Waals surface area contributed by atoms with Gasteiger partial charge in [-0.05, 0) is 17.0 Å². The Bertz CT molecular complexity index is 986. The molecule has 0 fully saturated rings. The van der Waals surface area contributed by atoms with Gasteiger partial charge in [-0.15, -0.1) is 0 Å². The average Bonchev–Trinajstić information content (AvgIpc) is 2.57. The van der Waals surface area contributed by atoms with E-state index in [0.29, 0.717) is 22.4 Å². The minimum absolute atomic E-state index is 0.141. The number of thiocarbonyl (C=S) groups is 1. The van der Waals surface area contributed by atoms with Gasteiger partial charge in [0, 0.05) is 33.4 Å². The number of fused-ring (bicyclic) bond motifs is 2. The van der Waals surface area contributed by atoms with Crippen molar-refractivity contribution in [3.63, 3.8) is 0 Å². The fraction of sp³-hybridized carbons (Fsp3) is 0.0500. The number of hydrogen-bond donors (Lipinski definition) is 2. The number of phenolic OH excluding ortho intramolecular Hbond substituents is 1. The van der Waals surface area contributed by atoms with Crippen molar-refractivity contribution in [1.82, 2.24) is 0 Å². The Balaban J connectivity index is 2.00. The molecule has 0 saturated carbocycles. The van der Waals surface area contributed by atoms with Crippen LogP contribution < -0.4 is 0 Å². The van der Waals surface area contributed by atoms with Gasteiger partial charge in [-0.1, -0.05) is 66.8 Å². The molecule has 23 heavy (non-hydrogen) atoms. The van der Waals surface area contributed by atoms with E-state index in [1.807, 2.05) is 60.7 Å². The predicted octanol–water partition coefficient (Wildman–Crippen LogP) is 4.90. The minimum atomic E-state index is 0.141. The molecule has 0 heterocycles. The second kappa shape index (κ2) is 5.21. The van der Waals surface area contributed by atoms with Gasteiger partial charge in [-0.25, -0.2) is 0 Å². The highest BCUT2D eigenvalue weighted by Crippen LogP contribution is 2.40. The predicted molar refractivity (Wildman–Crippen MR) is 97.8 cm³/mol. The van der Waals surface area contributed by atoms with Crippen LogP contribution in [0.2, 0.25) is 0 Å². The van der Waals surface area contributed by atoms with Gasteiger partial charge >= 0.3 is 0 Å². The largest absolute Gasteiger partial charge is 0.507 e. The van der Waals surface area contributed by atoms with Crippen molar-refractivity contribution in [3.8, 4) is 5.75 Å². The molecule has 2 nitrogen and oxygen atoms in total. The van der Waals surface area contributed by atoms with Crippen LogP contribution in [0.15, 0.2) is 60.7 Å². The lowest BCUT2D eigenvalue weighted by atomic mass is 9.86. The van der Waals surface area contributed by atoms with Crippen LogP contribution in [0.4, 0.5) is 0 Å². The zero-order valence-corrected chi connectivity index (χ0v) is 13.1. The van der Waals surface area contributed by atoms with E-state index in [2.05, 4.69) is 0 Å². The summed E-state index contributed by atoms with van der Waals surface area (Å²) in [4.78, 5) is 0.645. The zero-order chi connectivity index (χ0) is 16.0. The molecule has 0 spiro atoms. The monoisotopic (exact) mass is 318 g/mol. The zero-order valence-electron chi connectivity index (χ0n) is 12.3. The Morgan fingerprint density at radius 2 is 1.52 bits per heavy atom. The van der Waals surface area contributed by atoms with E-state index < -0.39 is 0 Å². The fourth-order valence-corrected chi connectivity index (χ4v) is 3.53. The summed E-state index contributed by atoms with van der Waals surface area (Å²) < 4.78 is 0. The summed E-state index contributed by atoms with van der Waals surface area (Å²) in [5.74, 6) is 0.300. The van der Waals surface area contributed by atoms with Gasteiger partial charge in [-0.2, -0.15) is 0 Å². The van der Waals surface area contributed by atoms with Crippen LogP contribution in [0, 0.1) is 0 Å². The number of benzene rings is 3. The van der Waals surface area contributed by atoms with Crippen molar-refractivity contribution in [3.05, 3.63) is 77.4 Å². The Morgan fingerprint density at radius 3 is 2.39 bits per heavy atom. The second-order valence-corrected chi connectivity index (χ2v) is 6.16. The van der Waals surface area contributed by atoms with E-state index in [9.17, 15) is 10.2 Å². The van der Waals surface area contributed by atoms with Crippen LogP contribution in [0.3, 0.4) is 0 Å². The first-order chi connectivity index (χ1) is 11.2. The van der Waals surface area contributed by atoms with Crippen molar-refractivity contribution in [2.24, 2.45) is 0 Å². The third kappa shape index (κ3) is 2.13. The van der Waals surface area contributed by atoms with Crippen molar-refractivity contribution in [2.75, 3.05) is 0 Å². The van der Waals surface area contributed by atoms with Gasteiger partial charge in [0.25, 0.3) is 0 Å². The molecular formula is C20H14O2S.